The summed E-state index contributed by atoms with van der Waals surface area (Å²) >= 11 is 0. The highest BCUT2D eigenvalue weighted by Crippen LogP contribution is 1.74. The van der Waals surface area contributed by atoms with Crippen molar-refractivity contribution >= 4 is 12.4 Å². The molecule has 0 atom stereocenters. The molecular formula is C5H15ClN2. The van der Waals surface area contributed by atoms with Gasteiger partial charge in [0.2, 0.25) is 0 Å². The Balaban J connectivity index is 0. The highest BCUT2D eigenvalue weighted by molar-refractivity contribution is 5.85. The van der Waals surface area contributed by atoms with Gasteiger partial charge in [-0.15, -0.1) is 12.4 Å². The van der Waals surface area contributed by atoms with Crippen LogP contribution in [0.25, 0.3) is 0 Å². The molecule has 0 unspecified atom stereocenters. The maximum absolute atomic E-state index is 3.14. The lowest BCUT2D eigenvalue weighted by Gasteiger charge is -2.14. The van der Waals surface area contributed by atoms with Crippen molar-refractivity contribution in [2.75, 3.05) is 14.1 Å². The normalized spacial score (nSPS) is 9.75. The van der Waals surface area contributed by atoms with Crippen LogP contribution in [0, 0.1) is 0 Å². The summed E-state index contributed by atoms with van der Waals surface area (Å²) in [6.45, 7) is 4.22. The van der Waals surface area contributed by atoms with E-state index in [1.54, 1.807) is 0 Å². The van der Waals surface area contributed by atoms with Crippen LogP contribution in [-0.4, -0.2) is 25.1 Å². The molecule has 1 N–H and O–H groups in total. The SMILES string of the molecule is CC(C)NN(C)C.Cl. The minimum absolute atomic E-state index is 0. The summed E-state index contributed by atoms with van der Waals surface area (Å²) in [6.07, 6.45) is 0. The van der Waals surface area contributed by atoms with Crippen LogP contribution >= 0.6 is 12.4 Å². The molecule has 0 rings (SSSR count). The van der Waals surface area contributed by atoms with Crippen molar-refractivity contribution in [2.24, 2.45) is 0 Å². The summed E-state index contributed by atoms with van der Waals surface area (Å²) in [5.41, 5.74) is 3.14. The molecule has 0 fully saturated rings. The maximum atomic E-state index is 3.14. The molecule has 0 aliphatic rings. The summed E-state index contributed by atoms with van der Waals surface area (Å²) in [5.74, 6) is 0. The third kappa shape index (κ3) is 9.51. The van der Waals surface area contributed by atoms with Crippen molar-refractivity contribution in [2.45, 2.75) is 19.9 Å². The second-order valence-corrected chi connectivity index (χ2v) is 2.18. The number of rotatable bonds is 2. The van der Waals surface area contributed by atoms with Crippen LogP contribution in [0.3, 0.4) is 0 Å². The van der Waals surface area contributed by atoms with Gasteiger partial charge in [-0.05, 0) is 13.8 Å². The van der Waals surface area contributed by atoms with Gasteiger partial charge in [0.15, 0.2) is 0 Å². The van der Waals surface area contributed by atoms with Gasteiger partial charge in [-0.1, -0.05) is 0 Å². The molecule has 0 amide bonds. The summed E-state index contributed by atoms with van der Waals surface area (Å²) in [7, 11) is 3.97. The molecule has 2 nitrogen and oxygen atoms in total. The molecule has 0 bridgehead atoms. The number of halogens is 1. The van der Waals surface area contributed by atoms with Crippen molar-refractivity contribution < 1.29 is 0 Å². The molecular weight excluding hydrogens is 124 g/mol. The van der Waals surface area contributed by atoms with Crippen molar-refractivity contribution in [3.05, 3.63) is 0 Å². The van der Waals surface area contributed by atoms with Gasteiger partial charge >= 0.3 is 0 Å². The van der Waals surface area contributed by atoms with Crippen LogP contribution in [0.5, 0.6) is 0 Å². The fourth-order valence-electron chi connectivity index (χ4n) is 0.516. The maximum Gasteiger partial charge on any atom is 0.0158 e. The summed E-state index contributed by atoms with van der Waals surface area (Å²) in [4.78, 5) is 0. The van der Waals surface area contributed by atoms with Crippen molar-refractivity contribution in [1.82, 2.24) is 10.4 Å². The molecule has 3 heteroatoms. The highest BCUT2D eigenvalue weighted by atomic mass is 35.5. The van der Waals surface area contributed by atoms with E-state index >= 15 is 0 Å². The van der Waals surface area contributed by atoms with E-state index in [1.807, 2.05) is 19.1 Å². The van der Waals surface area contributed by atoms with Crippen LogP contribution in [0.1, 0.15) is 13.8 Å². The molecule has 0 aromatic rings. The Morgan fingerprint density at radius 1 is 1.25 bits per heavy atom. The molecule has 8 heavy (non-hydrogen) atoms. The summed E-state index contributed by atoms with van der Waals surface area (Å²) in [5, 5.41) is 1.95. The van der Waals surface area contributed by atoms with Gasteiger partial charge in [0.05, 0.1) is 0 Å². The molecule has 0 saturated carbocycles. The lowest BCUT2D eigenvalue weighted by atomic mass is 10.4. The van der Waals surface area contributed by atoms with Crippen LogP contribution in [-0.2, 0) is 0 Å². The van der Waals surface area contributed by atoms with Crippen molar-refractivity contribution in [1.29, 1.82) is 0 Å². The van der Waals surface area contributed by atoms with Gasteiger partial charge in [-0.25, -0.2) is 0 Å². The van der Waals surface area contributed by atoms with E-state index < -0.39 is 0 Å². The second-order valence-electron chi connectivity index (χ2n) is 2.18. The third-order valence-corrected chi connectivity index (χ3v) is 0.516. The molecule has 0 aliphatic heterocycles. The van der Waals surface area contributed by atoms with Gasteiger partial charge in [-0.3, -0.25) is 10.4 Å². The first kappa shape index (κ1) is 11.1. The number of hydrogen-bond acceptors (Lipinski definition) is 2. The Morgan fingerprint density at radius 3 is 1.62 bits per heavy atom. The van der Waals surface area contributed by atoms with Crippen LogP contribution in [0.2, 0.25) is 0 Å². The number of nitrogens with one attached hydrogen (secondary N) is 1. The first-order chi connectivity index (χ1) is 3.13. The quantitative estimate of drug-likeness (QED) is 0.570. The fraction of sp³-hybridized carbons (Fsp3) is 1.00. The van der Waals surface area contributed by atoms with Gasteiger partial charge in [-0.2, -0.15) is 0 Å². The molecule has 52 valence electrons. The lowest BCUT2D eigenvalue weighted by Crippen LogP contribution is -2.35. The summed E-state index contributed by atoms with van der Waals surface area (Å²) < 4.78 is 0. The highest BCUT2D eigenvalue weighted by Gasteiger charge is 1.89. The van der Waals surface area contributed by atoms with Gasteiger partial charge in [0.1, 0.15) is 0 Å². The Morgan fingerprint density at radius 2 is 1.62 bits per heavy atom. The Bertz CT molecular complexity index is 39.7. The second kappa shape index (κ2) is 5.35. The lowest BCUT2D eigenvalue weighted by molar-refractivity contribution is 0.259. The molecule has 0 aliphatic carbocycles. The van der Waals surface area contributed by atoms with Gasteiger partial charge in [0.25, 0.3) is 0 Å². The minimum Gasteiger partial charge on any atom is -0.253 e. The number of hydrogen-bond donors (Lipinski definition) is 1. The predicted octanol–water partition coefficient (Wildman–Crippen LogP) is 0.883. The van der Waals surface area contributed by atoms with E-state index in [4.69, 9.17) is 0 Å². The zero-order valence-electron chi connectivity index (χ0n) is 5.93. The largest absolute Gasteiger partial charge is 0.253 e. The zero-order chi connectivity index (χ0) is 5.86. The van der Waals surface area contributed by atoms with Gasteiger partial charge in [0, 0.05) is 20.1 Å². The average molecular weight is 139 g/mol. The Kier molecular flexibility index (Phi) is 7.40. The van der Waals surface area contributed by atoms with E-state index in [9.17, 15) is 0 Å². The molecule has 0 aromatic carbocycles. The molecule has 0 saturated heterocycles. The molecule has 0 aromatic heterocycles. The number of hydrazine groups is 1. The van der Waals surface area contributed by atoms with Gasteiger partial charge < -0.3 is 0 Å². The van der Waals surface area contributed by atoms with E-state index in [0.29, 0.717) is 6.04 Å². The fourth-order valence-corrected chi connectivity index (χ4v) is 0.516. The van der Waals surface area contributed by atoms with Crippen molar-refractivity contribution in [3.8, 4) is 0 Å². The number of nitrogens with zero attached hydrogens (tertiary/aromatic N) is 1. The third-order valence-electron chi connectivity index (χ3n) is 0.516. The monoisotopic (exact) mass is 138 g/mol. The molecule has 0 spiro atoms. The van der Waals surface area contributed by atoms with Crippen molar-refractivity contribution in [3.63, 3.8) is 0 Å². The predicted molar refractivity (Wildman–Crippen MR) is 39.2 cm³/mol. The van der Waals surface area contributed by atoms with E-state index in [-0.39, 0.29) is 12.4 Å². The molecule has 0 heterocycles. The smallest absolute Gasteiger partial charge is 0.0158 e. The zero-order valence-corrected chi connectivity index (χ0v) is 6.75. The standard InChI is InChI=1S/C5H14N2.ClH/c1-5(2)6-7(3)4;/h5-6H,1-4H3;1H. The Hall–Kier alpha value is 0.210. The average Bonchev–Trinajstić information content (AvgIpc) is 1.27. The van der Waals surface area contributed by atoms with Crippen LogP contribution in [0.4, 0.5) is 0 Å². The minimum atomic E-state index is 0. The van der Waals surface area contributed by atoms with Crippen LogP contribution < -0.4 is 5.43 Å². The topological polar surface area (TPSA) is 15.3 Å². The Labute approximate surface area is 57.6 Å². The first-order valence-electron chi connectivity index (χ1n) is 2.56. The van der Waals surface area contributed by atoms with Crippen LogP contribution in [0.15, 0.2) is 0 Å². The first-order valence-corrected chi connectivity index (χ1v) is 2.56. The van der Waals surface area contributed by atoms with E-state index in [2.05, 4.69) is 19.3 Å². The van der Waals surface area contributed by atoms with E-state index in [0.717, 1.165) is 0 Å². The van der Waals surface area contributed by atoms with E-state index in [1.165, 1.54) is 0 Å². The molecule has 0 radical (unpaired) electrons. The summed E-state index contributed by atoms with van der Waals surface area (Å²) in [6, 6.07) is 0.551.